The molecule has 2 heterocycles. The Hall–Kier alpha value is -1.10. The molecule has 3 unspecified atom stereocenters. The van der Waals surface area contributed by atoms with Gasteiger partial charge < -0.3 is 15.4 Å². The monoisotopic (exact) mass is 303 g/mol. The van der Waals surface area contributed by atoms with E-state index >= 15 is 0 Å². The smallest absolute Gasteiger partial charge is 0.119 e. The van der Waals surface area contributed by atoms with Gasteiger partial charge in [0.15, 0.2) is 0 Å². The van der Waals surface area contributed by atoms with E-state index in [2.05, 4.69) is 48.2 Å². The van der Waals surface area contributed by atoms with Crippen LogP contribution in [-0.2, 0) is 6.54 Å². The van der Waals surface area contributed by atoms with Crippen molar-refractivity contribution >= 4 is 0 Å². The second-order valence-electron chi connectivity index (χ2n) is 7.03. The third kappa shape index (κ3) is 3.62. The molecule has 1 aliphatic carbocycles. The first-order chi connectivity index (χ1) is 10.7. The van der Waals surface area contributed by atoms with E-state index in [0.717, 1.165) is 17.9 Å². The van der Waals surface area contributed by atoms with Crippen LogP contribution in [0.25, 0.3) is 0 Å². The molecule has 4 nitrogen and oxygen atoms in total. The van der Waals surface area contributed by atoms with Crippen molar-refractivity contribution in [3.05, 3.63) is 29.8 Å². The Kier molecular flexibility index (Phi) is 5.01. The minimum Gasteiger partial charge on any atom is -0.490 e. The number of likely N-dealkylation sites (N-methyl/N-ethyl adjacent to an activating group) is 1. The van der Waals surface area contributed by atoms with Gasteiger partial charge in [0, 0.05) is 44.6 Å². The van der Waals surface area contributed by atoms with Crippen LogP contribution in [-0.4, -0.2) is 55.7 Å². The summed E-state index contributed by atoms with van der Waals surface area (Å²) in [6.07, 6.45) is 4.22. The van der Waals surface area contributed by atoms with Crippen LogP contribution in [0.1, 0.15) is 24.8 Å². The molecule has 3 atom stereocenters. The van der Waals surface area contributed by atoms with Crippen LogP contribution < -0.4 is 10.5 Å². The summed E-state index contributed by atoms with van der Waals surface area (Å²) in [5.41, 5.74) is 6.81. The van der Waals surface area contributed by atoms with Crippen LogP contribution in [0.3, 0.4) is 0 Å². The summed E-state index contributed by atoms with van der Waals surface area (Å²) in [6.45, 7) is 4.13. The lowest BCUT2D eigenvalue weighted by atomic mass is 9.77. The van der Waals surface area contributed by atoms with Gasteiger partial charge in [-0.1, -0.05) is 12.1 Å². The van der Waals surface area contributed by atoms with E-state index in [0.29, 0.717) is 24.6 Å². The summed E-state index contributed by atoms with van der Waals surface area (Å²) in [6, 6.07) is 8.97. The van der Waals surface area contributed by atoms with Crippen molar-refractivity contribution in [2.75, 3.05) is 33.7 Å². The fourth-order valence-corrected chi connectivity index (χ4v) is 3.79. The van der Waals surface area contributed by atoms with Crippen molar-refractivity contribution in [1.82, 2.24) is 9.80 Å². The van der Waals surface area contributed by atoms with Gasteiger partial charge in [-0.05, 0) is 44.6 Å². The molecule has 0 amide bonds. The molecular formula is C18H29N3O. The van der Waals surface area contributed by atoms with Crippen LogP contribution in [0.2, 0.25) is 0 Å². The molecule has 4 rings (SSSR count). The standard InChI is InChI=1S/C18H29N3O/c1-20(2)9-10-21-13-15-5-6-16(21)11-18(15)22-17-7-3-14(12-19)4-8-17/h3-4,7-8,15-16,18H,5-6,9-13,19H2,1-2H3. The highest BCUT2D eigenvalue weighted by atomic mass is 16.5. The number of hydrogen-bond donors (Lipinski definition) is 1. The molecule has 4 heteroatoms. The average Bonchev–Trinajstić information content (AvgIpc) is 2.54. The van der Waals surface area contributed by atoms with Crippen molar-refractivity contribution in [2.45, 2.75) is 38.0 Å². The maximum absolute atomic E-state index is 6.28. The van der Waals surface area contributed by atoms with Gasteiger partial charge in [0.1, 0.15) is 11.9 Å². The Morgan fingerprint density at radius 3 is 2.59 bits per heavy atom. The van der Waals surface area contributed by atoms with E-state index in [9.17, 15) is 0 Å². The normalized spacial score (nSPS) is 28.3. The highest BCUT2D eigenvalue weighted by Crippen LogP contribution is 2.37. The molecule has 0 radical (unpaired) electrons. The van der Waals surface area contributed by atoms with Gasteiger partial charge in [-0.3, -0.25) is 4.90 Å². The second-order valence-corrected chi connectivity index (χ2v) is 7.03. The molecule has 2 aliphatic heterocycles. The number of piperidine rings is 2. The maximum atomic E-state index is 6.28. The van der Waals surface area contributed by atoms with Crippen molar-refractivity contribution in [1.29, 1.82) is 0 Å². The molecule has 1 saturated carbocycles. The molecule has 2 saturated heterocycles. The lowest BCUT2D eigenvalue weighted by molar-refractivity contribution is -0.0383. The predicted molar refractivity (Wildman–Crippen MR) is 90.0 cm³/mol. The van der Waals surface area contributed by atoms with Crippen LogP contribution in [0.4, 0.5) is 0 Å². The van der Waals surface area contributed by atoms with E-state index in [1.54, 1.807) is 0 Å². The van der Waals surface area contributed by atoms with Crippen molar-refractivity contribution in [3.8, 4) is 5.75 Å². The minimum atomic E-state index is 0.387. The zero-order chi connectivity index (χ0) is 15.5. The van der Waals surface area contributed by atoms with Crippen LogP contribution in [0.15, 0.2) is 24.3 Å². The maximum Gasteiger partial charge on any atom is 0.119 e. The molecular weight excluding hydrogens is 274 g/mol. The van der Waals surface area contributed by atoms with Gasteiger partial charge in [-0.25, -0.2) is 0 Å². The summed E-state index contributed by atoms with van der Waals surface area (Å²) in [5.74, 6) is 1.68. The van der Waals surface area contributed by atoms with Gasteiger partial charge in [0.05, 0.1) is 0 Å². The molecule has 2 N–H and O–H groups in total. The second kappa shape index (κ2) is 6.99. The zero-order valence-electron chi connectivity index (χ0n) is 13.9. The number of nitrogens with two attached hydrogens (primary N) is 1. The number of fused-ring (bicyclic) bond motifs is 3. The first-order valence-electron chi connectivity index (χ1n) is 8.50. The predicted octanol–water partition coefficient (Wildman–Crippen LogP) is 1.94. The summed E-state index contributed by atoms with van der Waals surface area (Å²) < 4.78 is 6.28. The topological polar surface area (TPSA) is 41.7 Å². The summed E-state index contributed by atoms with van der Waals surface area (Å²) in [5, 5.41) is 0. The number of ether oxygens (including phenoxy) is 1. The summed E-state index contributed by atoms with van der Waals surface area (Å²) in [7, 11) is 4.30. The van der Waals surface area contributed by atoms with Crippen molar-refractivity contribution in [2.24, 2.45) is 11.7 Å². The summed E-state index contributed by atoms with van der Waals surface area (Å²) in [4.78, 5) is 4.95. The molecule has 122 valence electrons. The molecule has 3 fully saturated rings. The van der Waals surface area contributed by atoms with Gasteiger partial charge in [-0.2, -0.15) is 0 Å². The Balaban J connectivity index is 1.56. The molecule has 2 bridgehead atoms. The SMILES string of the molecule is CN(C)CCN1CC2CCC1CC2Oc1ccc(CN)cc1. The van der Waals surface area contributed by atoms with Crippen LogP contribution in [0, 0.1) is 5.92 Å². The highest BCUT2D eigenvalue weighted by molar-refractivity contribution is 5.27. The van der Waals surface area contributed by atoms with Crippen LogP contribution >= 0.6 is 0 Å². The Labute approximate surface area is 134 Å². The fourth-order valence-electron chi connectivity index (χ4n) is 3.79. The molecule has 22 heavy (non-hydrogen) atoms. The zero-order valence-corrected chi connectivity index (χ0v) is 13.9. The Morgan fingerprint density at radius 1 is 1.23 bits per heavy atom. The first-order valence-corrected chi connectivity index (χ1v) is 8.50. The minimum absolute atomic E-state index is 0.387. The number of hydrogen-bond acceptors (Lipinski definition) is 4. The van der Waals surface area contributed by atoms with E-state index < -0.39 is 0 Å². The fraction of sp³-hybridized carbons (Fsp3) is 0.667. The average molecular weight is 303 g/mol. The van der Waals surface area contributed by atoms with E-state index in [1.807, 2.05) is 0 Å². The third-order valence-corrected chi connectivity index (χ3v) is 5.17. The van der Waals surface area contributed by atoms with E-state index in [-0.39, 0.29) is 0 Å². The lowest BCUT2D eigenvalue weighted by Gasteiger charge is -2.49. The summed E-state index contributed by atoms with van der Waals surface area (Å²) >= 11 is 0. The Bertz CT molecular complexity index is 474. The molecule has 1 aromatic carbocycles. The molecule has 0 aromatic heterocycles. The van der Waals surface area contributed by atoms with Gasteiger partial charge in [0.25, 0.3) is 0 Å². The highest BCUT2D eigenvalue weighted by Gasteiger charge is 2.41. The quantitative estimate of drug-likeness (QED) is 0.872. The first kappa shape index (κ1) is 15.8. The lowest BCUT2D eigenvalue weighted by Crippen LogP contribution is -2.56. The molecule has 0 spiro atoms. The van der Waals surface area contributed by atoms with Crippen LogP contribution in [0.5, 0.6) is 5.75 Å². The molecule has 3 aliphatic rings. The number of nitrogens with zero attached hydrogens (tertiary/aromatic N) is 2. The van der Waals surface area contributed by atoms with Gasteiger partial charge >= 0.3 is 0 Å². The van der Waals surface area contributed by atoms with E-state index in [4.69, 9.17) is 10.5 Å². The largest absolute Gasteiger partial charge is 0.490 e. The number of rotatable bonds is 6. The number of benzene rings is 1. The van der Waals surface area contributed by atoms with Gasteiger partial charge in [0.2, 0.25) is 0 Å². The Morgan fingerprint density at radius 2 is 2.00 bits per heavy atom. The van der Waals surface area contributed by atoms with Gasteiger partial charge in [-0.15, -0.1) is 0 Å². The van der Waals surface area contributed by atoms with Crippen molar-refractivity contribution < 1.29 is 4.74 Å². The van der Waals surface area contributed by atoms with E-state index in [1.165, 1.54) is 32.4 Å². The van der Waals surface area contributed by atoms with Crippen molar-refractivity contribution in [3.63, 3.8) is 0 Å². The third-order valence-electron chi connectivity index (χ3n) is 5.17. The molecule has 1 aromatic rings.